The zero-order chi connectivity index (χ0) is 18.4. The van der Waals surface area contributed by atoms with Crippen LogP contribution in [0.4, 0.5) is 10.6 Å². The van der Waals surface area contributed by atoms with Gasteiger partial charge in [-0.1, -0.05) is 30.3 Å². The van der Waals surface area contributed by atoms with E-state index in [1.807, 2.05) is 30.3 Å². The quantitative estimate of drug-likeness (QED) is 0.431. The second-order valence-corrected chi connectivity index (χ2v) is 5.46. The lowest BCUT2D eigenvalue weighted by atomic mass is 10.1. The number of hydrogen-bond donors (Lipinski definition) is 5. The summed E-state index contributed by atoms with van der Waals surface area (Å²) in [7, 11) is 0. The SMILES string of the molecule is O=C(Nc1cc2[nH]nc(OCCO)c2cn1)N[C@H](CO)c1ccccc1. The number of nitrogens with one attached hydrogen (secondary N) is 3. The summed E-state index contributed by atoms with van der Waals surface area (Å²) in [5.41, 5.74) is 1.43. The fourth-order valence-electron chi connectivity index (χ4n) is 2.44. The zero-order valence-electron chi connectivity index (χ0n) is 13.8. The van der Waals surface area contributed by atoms with Crippen LogP contribution in [0.15, 0.2) is 42.6 Å². The van der Waals surface area contributed by atoms with Gasteiger partial charge in [0, 0.05) is 12.3 Å². The van der Waals surface area contributed by atoms with Gasteiger partial charge in [-0.05, 0) is 5.56 Å². The summed E-state index contributed by atoms with van der Waals surface area (Å²) in [6, 6.07) is 9.78. The van der Waals surface area contributed by atoms with E-state index in [1.165, 1.54) is 6.20 Å². The van der Waals surface area contributed by atoms with Gasteiger partial charge in [-0.25, -0.2) is 9.78 Å². The highest BCUT2D eigenvalue weighted by molar-refractivity contribution is 5.92. The van der Waals surface area contributed by atoms with E-state index >= 15 is 0 Å². The highest BCUT2D eigenvalue weighted by Crippen LogP contribution is 2.23. The lowest BCUT2D eigenvalue weighted by Crippen LogP contribution is -2.34. The topological polar surface area (TPSA) is 132 Å². The van der Waals surface area contributed by atoms with E-state index in [0.29, 0.717) is 22.6 Å². The van der Waals surface area contributed by atoms with Crippen molar-refractivity contribution in [3.05, 3.63) is 48.2 Å². The number of amides is 2. The molecular weight excluding hydrogens is 338 g/mol. The minimum atomic E-state index is -0.523. The molecule has 1 aromatic carbocycles. The van der Waals surface area contributed by atoms with Crippen LogP contribution in [-0.4, -0.2) is 51.2 Å². The third kappa shape index (κ3) is 4.08. The van der Waals surface area contributed by atoms with E-state index in [4.69, 9.17) is 9.84 Å². The number of urea groups is 1. The Labute approximate surface area is 149 Å². The largest absolute Gasteiger partial charge is 0.474 e. The minimum absolute atomic E-state index is 0.116. The molecule has 0 aliphatic heterocycles. The molecule has 5 N–H and O–H groups in total. The first-order valence-electron chi connectivity index (χ1n) is 8.02. The number of hydrogen-bond acceptors (Lipinski definition) is 6. The number of aromatic amines is 1. The summed E-state index contributed by atoms with van der Waals surface area (Å²) < 4.78 is 5.29. The van der Waals surface area contributed by atoms with Crippen molar-refractivity contribution in [3.8, 4) is 5.88 Å². The van der Waals surface area contributed by atoms with Crippen LogP contribution in [0.25, 0.3) is 10.9 Å². The van der Waals surface area contributed by atoms with Crippen molar-refractivity contribution in [3.63, 3.8) is 0 Å². The predicted octanol–water partition coefficient (Wildman–Crippen LogP) is 1.18. The Morgan fingerprint density at radius 1 is 1.27 bits per heavy atom. The van der Waals surface area contributed by atoms with Crippen molar-refractivity contribution in [1.29, 1.82) is 0 Å². The Balaban J connectivity index is 1.67. The van der Waals surface area contributed by atoms with E-state index in [-0.39, 0.29) is 19.8 Å². The van der Waals surface area contributed by atoms with E-state index in [0.717, 1.165) is 5.56 Å². The smallest absolute Gasteiger partial charge is 0.320 e. The van der Waals surface area contributed by atoms with Gasteiger partial charge >= 0.3 is 6.03 Å². The monoisotopic (exact) mass is 357 g/mol. The van der Waals surface area contributed by atoms with E-state index in [1.54, 1.807) is 6.07 Å². The van der Waals surface area contributed by atoms with Crippen LogP contribution in [-0.2, 0) is 0 Å². The molecule has 0 radical (unpaired) electrons. The molecule has 26 heavy (non-hydrogen) atoms. The fourth-order valence-corrected chi connectivity index (χ4v) is 2.44. The molecule has 136 valence electrons. The molecule has 0 fully saturated rings. The van der Waals surface area contributed by atoms with E-state index in [2.05, 4.69) is 25.8 Å². The maximum absolute atomic E-state index is 12.2. The normalized spacial score (nSPS) is 11.9. The summed E-state index contributed by atoms with van der Waals surface area (Å²) >= 11 is 0. The molecule has 2 amide bonds. The summed E-state index contributed by atoms with van der Waals surface area (Å²) in [6.07, 6.45) is 1.52. The molecule has 0 aliphatic carbocycles. The van der Waals surface area contributed by atoms with E-state index in [9.17, 15) is 9.90 Å². The first-order chi connectivity index (χ1) is 12.7. The van der Waals surface area contributed by atoms with Crippen LogP contribution in [0.1, 0.15) is 11.6 Å². The summed E-state index contributed by atoms with van der Waals surface area (Å²) in [6.45, 7) is -0.213. The standard InChI is InChI=1S/C17H19N5O4/c23-6-7-26-16-12-9-18-15(8-13(12)21-22-16)20-17(25)19-14(10-24)11-4-2-1-3-5-11/h1-5,8-9,14,23-24H,6-7,10H2,(H,21,22)(H2,18,19,20,25)/t14-/m1/s1. The molecule has 9 nitrogen and oxygen atoms in total. The maximum atomic E-state index is 12.2. The number of carbonyl (C=O) groups is 1. The van der Waals surface area contributed by atoms with Crippen LogP contribution in [0.3, 0.4) is 0 Å². The second kappa shape index (κ2) is 8.28. The van der Waals surface area contributed by atoms with Gasteiger partial charge in [0.15, 0.2) is 0 Å². The highest BCUT2D eigenvalue weighted by atomic mass is 16.5. The summed E-state index contributed by atoms with van der Waals surface area (Å²) in [5.74, 6) is 0.652. The average molecular weight is 357 g/mol. The molecule has 0 bridgehead atoms. The molecule has 0 unspecified atom stereocenters. The third-order valence-corrected chi connectivity index (χ3v) is 3.67. The molecule has 0 saturated heterocycles. The Bertz CT molecular complexity index is 868. The summed E-state index contributed by atoms with van der Waals surface area (Å²) in [4.78, 5) is 16.3. The van der Waals surface area contributed by atoms with Gasteiger partial charge in [0.05, 0.1) is 30.2 Å². The zero-order valence-corrected chi connectivity index (χ0v) is 13.8. The van der Waals surface area contributed by atoms with Gasteiger partial charge in [0.1, 0.15) is 12.4 Å². The van der Waals surface area contributed by atoms with Gasteiger partial charge in [0.2, 0.25) is 5.88 Å². The van der Waals surface area contributed by atoms with E-state index < -0.39 is 12.1 Å². The number of aliphatic hydroxyl groups excluding tert-OH is 2. The second-order valence-electron chi connectivity index (χ2n) is 5.46. The lowest BCUT2D eigenvalue weighted by molar-refractivity contribution is 0.198. The van der Waals surface area contributed by atoms with Gasteiger partial charge in [-0.15, -0.1) is 5.10 Å². The maximum Gasteiger partial charge on any atom is 0.320 e. The number of H-pyrrole nitrogens is 1. The van der Waals surface area contributed by atoms with Crippen LogP contribution < -0.4 is 15.4 Å². The van der Waals surface area contributed by atoms with Crippen molar-refractivity contribution >= 4 is 22.8 Å². The molecule has 3 rings (SSSR count). The first kappa shape index (κ1) is 17.6. The van der Waals surface area contributed by atoms with Gasteiger partial charge < -0.3 is 20.3 Å². The number of pyridine rings is 1. The van der Waals surface area contributed by atoms with Crippen LogP contribution in [0.5, 0.6) is 5.88 Å². The molecule has 1 atom stereocenters. The molecule has 0 aliphatic rings. The minimum Gasteiger partial charge on any atom is -0.474 e. The number of fused-ring (bicyclic) bond motifs is 1. The number of aliphatic hydroxyl groups is 2. The molecule has 2 heterocycles. The van der Waals surface area contributed by atoms with Gasteiger partial charge in [-0.2, -0.15) is 0 Å². The van der Waals surface area contributed by atoms with Crippen molar-refractivity contribution < 1.29 is 19.7 Å². The average Bonchev–Trinajstić information content (AvgIpc) is 3.07. The molecule has 0 spiro atoms. The van der Waals surface area contributed by atoms with Gasteiger partial charge in [0.25, 0.3) is 0 Å². The van der Waals surface area contributed by atoms with Crippen LogP contribution in [0, 0.1) is 0 Å². The molecule has 2 aromatic heterocycles. The Morgan fingerprint density at radius 2 is 2.08 bits per heavy atom. The molecule has 0 saturated carbocycles. The van der Waals surface area contributed by atoms with Crippen molar-refractivity contribution in [2.45, 2.75) is 6.04 Å². The molecule has 3 aromatic rings. The number of anilines is 1. The van der Waals surface area contributed by atoms with Crippen LogP contribution >= 0.6 is 0 Å². The number of nitrogens with zero attached hydrogens (tertiary/aromatic N) is 2. The number of rotatable bonds is 7. The molecular formula is C17H19N5O4. The number of aromatic nitrogens is 3. The van der Waals surface area contributed by atoms with Gasteiger partial charge in [-0.3, -0.25) is 10.4 Å². The van der Waals surface area contributed by atoms with Crippen molar-refractivity contribution in [1.82, 2.24) is 20.5 Å². The Kier molecular flexibility index (Phi) is 5.62. The number of carbonyl (C=O) groups excluding carboxylic acids is 1. The number of benzene rings is 1. The lowest BCUT2D eigenvalue weighted by Gasteiger charge is -2.17. The molecule has 9 heteroatoms. The van der Waals surface area contributed by atoms with Crippen molar-refractivity contribution in [2.75, 3.05) is 25.1 Å². The Morgan fingerprint density at radius 3 is 2.81 bits per heavy atom. The van der Waals surface area contributed by atoms with Crippen molar-refractivity contribution in [2.24, 2.45) is 0 Å². The highest BCUT2D eigenvalue weighted by Gasteiger charge is 2.14. The number of ether oxygens (including phenoxy) is 1. The third-order valence-electron chi connectivity index (χ3n) is 3.67. The fraction of sp³-hybridized carbons (Fsp3) is 0.235. The Hall–Kier alpha value is -3.17. The van der Waals surface area contributed by atoms with Crippen LogP contribution in [0.2, 0.25) is 0 Å². The first-order valence-corrected chi connectivity index (χ1v) is 8.02. The summed E-state index contributed by atoms with van der Waals surface area (Å²) in [5, 5.41) is 31.0. The predicted molar refractivity (Wildman–Crippen MR) is 94.9 cm³/mol.